The van der Waals surface area contributed by atoms with Crippen LogP contribution in [0.25, 0.3) is 21.8 Å². The summed E-state index contributed by atoms with van der Waals surface area (Å²) in [4.78, 5) is 33.4. The van der Waals surface area contributed by atoms with E-state index in [1.54, 1.807) is 24.5 Å². The number of hydrogen-bond donors (Lipinski definition) is 0. The van der Waals surface area contributed by atoms with Gasteiger partial charge in [0.15, 0.2) is 0 Å². The lowest BCUT2D eigenvalue weighted by Crippen LogP contribution is -2.25. The van der Waals surface area contributed by atoms with E-state index in [1.807, 2.05) is 23.0 Å². The van der Waals surface area contributed by atoms with E-state index in [0.29, 0.717) is 19.3 Å². The molecule has 10 heteroatoms. The minimum absolute atomic E-state index is 0.0409. The molecule has 0 bridgehead atoms. The van der Waals surface area contributed by atoms with Crippen LogP contribution < -0.4 is 11.1 Å². The lowest BCUT2D eigenvalue weighted by molar-refractivity contribution is 0.517. The third-order valence-electron chi connectivity index (χ3n) is 7.88. The number of aryl methyl sites for hydroxylation is 2. The number of nitrogens with zero attached hydrogens (tertiary/aromatic N) is 4. The smallest absolute Gasteiger partial charge is 0.265 e. The van der Waals surface area contributed by atoms with Gasteiger partial charge >= 0.3 is 0 Å². The van der Waals surface area contributed by atoms with Crippen LogP contribution in [0.1, 0.15) is 74.6 Å². The third kappa shape index (κ3) is 5.09. The van der Waals surface area contributed by atoms with E-state index in [0.717, 1.165) is 58.6 Å². The maximum absolute atomic E-state index is 12.6. The molecule has 4 aromatic rings. The first-order chi connectivity index (χ1) is 18.2. The van der Waals surface area contributed by atoms with Crippen molar-refractivity contribution in [1.82, 2.24) is 19.1 Å². The van der Waals surface area contributed by atoms with E-state index in [9.17, 15) is 9.59 Å². The average Bonchev–Trinajstić information content (AvgIpc) is 3.62. The highest BCUT2D eigenvalue weighted by atomic mass is 79.9. The first-order valence-electron chi connectivity index (χ1n) is 12.9. The molecule has 0 atom stereocenters. The molecule has 6 nitrogen and oxygen atoms in total. The first-order valence-corrected chi connectivity index (χ1v) is 15.2. The van der Waals surface area contributed by atoms with Gasteiger partial charge < -0.3 is 9.13 Å². The third-order valence-corrected chi connectivity index (χ3v) is 10.2. The van der Waals surface area contributed by atoms with E-state index >= 15 is 0 Å². The molecule has 4 heterocycles. The van der Waals surface area contributed by atoms with Crippen molar-refractivity contribution in [1.29, 1.82) is 0 Å². The van der Waals surface area contributed by atoms with Crippen molar-refractivity contribution < 1.29 is 0 Å². The summed E-state index contributed by atoms with van der Waals surface area (Å²) in [6.45, 7) is 3.87. The summed E-state index contributed by atoms with van der Waals surface area (Å²) in [6, 6.07) is 4.17. The summed E-state index contributed by atoms with van der Waals surface area (Å²) in [5, 5.41) is 2.84. The Morgan fingerprint density at radius 2 is 1.05 bits per heavy atom. The quantitative estimate of drug-likeness (QED) is 0.199. The summed E-state index contributed by atoms with van der Waals surface area (Å²) in [5.74, 6) is 0. The molecule has 0 spiro atoms. The van der Waals surface area contributed by atoms with Crippen LogP contribution in [0.2, 0.25) is 10.3 Å². The standard InChI is InChI=1S/2C14H14BrClN2O/c2*1-8-10-7-17-12(16)6-11(10)18(14(19)13(8)15)9-4-2-3-5-9/h2*6-7,9H,2-5H2,1H3. The Morgan fingerprint density at radius 1 is 0.711 bits per heavy atom. The molecule has 200 valence electrons. The van der Waals surface area contributed by atoms with Crippen LogP contribution in [0, 0.1) is 13.8 Å². The second-order valence-corrected chi connectivity index (χ2v) is 12.5. The van der Waals surface area contributed by atoms with Gasteiger partial charge in [-0.3, -0.25) is 9.59 Å². The van der Waals surface area contributed by atoms with Crippen LogP contribution in [0.15, 0.2) is 43.1 Å². The normalized spacial score (nSPS) is 16.4. The predicted molar refractivity (Wildman–Crippen MR) is 162 cm³/mol. The highest BCUT2D eigenvalue weighted by molar-refractivity contribution is 9.10. The Balaban J connectivity index is 0.000000155. The molecule has 2 aliphatic rings. The van der Waals surface area contributed by atoms with E-state index in [2.05, 4.69) is 41.8 Å². The van der Waals surface area contributed by atoms with Crippen molar-refractivity contribution >= 4 is 76.9 Å². The van der Waals surface area contributed by atoms with Crippen molar-refractivity contribution in [2.24, 2.45) is 0 Å². The average molecular weight is 683 g/mol. The Labute approximate surface area is 247 Å². The predicted octanol–water partition coefficient (Wildman–Crippen LogP) is 8.47. The van der Waals surface area contributed by atoms with Gasteiger partial charge in [0.1, 0.15) is 10.3 Å². The summed E-state index contributed by atoms with van der Waals surface area (Å²) >= 11 is 18.9. The van der Waals surface area contributed by atoms with Crippen LogP contribution >= 0.6 is 55.1 Å². The van der Waals surface area contributed by atoms with E-state index in [-0.39, 0.29) is 23.2 Å². The van der Waals surface area contributed by atoms with Gasteiger partial charge in [0.05, 0.1) is 20.0 Å². The Bertz CT molecular complexity index is 1530. The Morgan fingerprint density at radius 3 is 1.39 bits per heavy atom. The summed E-state index contributed by atoms with van der Waals surface area (Å²) < 4.78 is 5.06. The highest BCUT2D eigenvalue weighted by Gasteiger charge is 2.24. The molecule has 2 fully saturated rings. The number of pyridine rings is 4. The van der Waals surface area contributed by atoms with Gasteiger partial charge in [-0.05, 0) is 94.7 Å². The maximum atomic E-state index is 12.6. The summed E-state index contributed by atoms with van der Waals surface area (Å²) in [5.41, 5.74) is 3.74. The van der Waals surface area contributed by atoms with Crippen molar-refractivity contribution in [3.8, 4) is 0 Å². The van der Waals surface area contributed by atoms with Gasteiger partial charge in [0.2, 0.25) is 0 Å². The highest BCUT2D eigenvalue weighted by Crippen LogP contribution is 2.34. The van der Waals surface area contributed by atoms with Crippen molar-refractivity contribution in [2.75, 3.05) is 0 Å². The van der Waals surface area contributed by atoms with E-state index < -0.39 is 0 Å². The molecule has 0 aromatic carbocycles. The fourth-order valence-corrected chi connectivity index (χ4v) is 6.97. The first kappa shape index (κ1) is 27.8. The summed E-state index contributed by atoms with van der Waals surface area (Å²) in [7, 11) is 0. The zero-order chi connectivity index (χ0) is 27.1. The molecular formula is C28H28Br2Cl2N4O2. The minimum Gasteiger partial charge on any atom is -0.304 e. The van der Waals surface area contributed by atoms with Crippen molar-refractivity contribution in [3.05, 3.63) is 75.6 Å². The lowest BCUT2D eigenvalue weighted by atomic mass is 10.1. The van der Waals surface area contributed by atoms with E-state index in [1.165, 1.54) is 25.7 Å². The Kier molecular flexibility index (Phi) is 8.34. The monoisotopic (exact) mass is 680 g/mol. The van der Waals surface area contributed by atoms with Gasteiger partial charge in [-0.25, -0.2) is 9.97 Å². The van der Waals surface area contributed by atoms with Gasteiger partial charge in [0, 0.05) is 35.2 Å². The van der Waals surface area contributed by atoms with Gasteiger partial charge in [-0.2, -0.15) is 0 Å². The van der Waals surface area contributed by atoms with E-state index in [4.69, 9.17) is 23.2 Å². The van der Waals surface area contributed by atoms with Crippen LogP contribution in [0.4, 0.5) is 0 Å². The van der Waals surface area contributed by atoms with Crippen molar-refractivity contribution in [2.45, 2.75) is 77.3 Å². The Hall–Kier alpha value is -1.74. The molecule has 0 unspecified atom stereocenters. The zero-order valence-corrected chi connectivity index (χ0v) is 25.9. The molecular weight excluding hydrogens is 655 g/mol. The molecule has 0 amide bonds. The molecule has 6 rings (SSSR count). The van der Waals surface area contributed by atoms with Crippen LogP contribution in [-0.2, 0) is 0 Å². The molecule has 2 saturated carbocycles. The van der Waals surface area contributed by atoms with Crippen LogP contribution in [-0.4, -0.2) is 19.1 Å². The number of halogens is 4. The zero-order valence-electron chi connectivity index (χ0n) is 21.2. The van der Waals surface area contributed by atoms with Gasteiger partial charge in [-0.15, -0.1) is 0 Å². The van der Waals surface area contributed by atoms with Crippen LogP contribution in [0.3, 0.4) is 0 Å². The van der Waals surface area contributed by atoms with Crippen LogP contribution in [0.5, 0.6) is 0 Å². The minimum atomic E-state index is 0.0409. The number of hydrogen-bond acceptors (Lipinski definition) is 4. The molecule has 4 aromatic heterocycles. The number of rotatable bonds is 2. The van der Waals surface area contributed by atoms with Crippen molar-refractivity contribution in [3.63, 3.8) is 0 Å². The number of fused-ring (bicyclic) bond motifs is 2. The SMILES string of the molecule is Cc1c(Br)c(=O)n(C2CCCC2)c2cc(Cl)ncc12.Cc1c(Br)c(=O)n(C2CCCC2)c2cc(Cl)ncc12. The van der Waals surface area contributed by atoms with Gasteiger partial charge in [0.25, 0.3) is 11.1 Å². The molecule has 0 saturated heterocycles. The molecule has 38 heavy (non-hydrogen) atoms. The molecule has 2 aliphatic carbocycles. The second-order valence-electron chi connectivity index (χ2n) is 10.2. The molecule has 0 N–H and O–H groups in total. The fourth-order valence-electron chi connectivity index (χ4n) is 5.85. The molecule has 0 aliphatic heterocycles. The van der Waals surface area contributed by atoms with Gasteiger partial charge in [-0.1, -0.05) is 48.9 Å². The number of aromatic nitrogens is 4. The molecule has 0 radical (unpaired) electrons. The summed E-state index contributed by atoms with van der Waals surface area (Å²) in [6.07, 6.45) is 12.5. The topological polar surface area (TPSA) is 69.8 Å². The fraction of sp³-hybridized carbons (Fsp3) is 0.429. The lowest BCUT2D eigenvalue weighted by Gasteiger charge is -2.19. The second kappa shape index (κ2) is 11.4. The maximum Gasteiger partial charge on any atom is 0.265 e. The largest absolute Gasteiger partial charge is 0.304 e.